The monoisotopic (exact) mass is 239 g/mol. The molecule has 0 saturated heterocycles. The molecule has 0 amide bonds. The largest absolute Gasteiger partial charge is 0.319 e. The van der Waals surface area contributed by atoms with Gasteiger partial charge < -0.3 is 5.73 Å². The van der Waals surface area contributed by atoms with E-state index in [9.17, 15) is 8.42 Å². The van der Waals surface area contributed by atoms with Gasteiger partial charge in [-0.3, -0.25) is 0 Å². The van der Waals surface area contributed by atoms with Crippen molar-refractivity contribution in [3.63, 3.8) is 0 Å². The molecule has 86 valence electrons. The maximum atomic E-state index is 11.5. The second-order valence-corrected chi connectivity index (χ2v) is 6.81. The number of hydrogen-bond acceptors (Lipinski definition) is 5. The molecular formula is C10H13N3O2S. The van der Waals surface area contributed by atoms with Gasteiger partial charge in [0.25, 0.3) is 0 Å². The molecule has 1 aliphatic carbocycles. The Morgan fingerprint density at radius 1 is 1.25 bits per heavy atom. The second kappa shape index (κ2) is 2.81. The number of nitrogens with two attached hydrogens (primary N) is 1. The first kappa shape index (κ1) is 10.2. The fourth-order valence-corrected chi connectivity index (χ4v) is 3.60. The van der Waals surface area contributed by atoms with Gasteiger partial charge in [0.05, 0.1) is 22.7 Å². The molecule has 0 spiro atoms. The van der Waals surface area contributed by atoms with Crippen LogP contribution in [0, 0.1) is 6.92 Å². The van der Waals surface area contributed by atoms with E-state index in [1.54, 1.807) is 0 Å². The first-order valence-electron chi connectivity index (χ1n) is 5.26. The topological polar surface area (TPSA) is 85.9 Å². The van der Waals surface area contributed by atoms with Gasteiger partial charge in [0, 0.05) is 11.3 Å². The Morgan fingerprint density at radius 3 is 2.56 bits per heavy atom. The van der Waals surface area contributed by atoms with Crippen molar-refractivity contribution >= 4 is 9.84 Å². The number of sulfone groups is 1. The molecule has 1 aliphatic heterocycles. The van der Waals surface area contributed by atoms with Gasteiger partial charge >= 0.3 is 0 Å². The third kappa shape index (κ3) is 1.44. The molecule has 6 heteroatoms. The lowest BCUT2D eigenvalue weighted by Crippen LogP contribution is -2.23. The molecular weight excluding hydrogens is 226 g/mol. The van der Waals surface area contributed by atoms with Gasteiger partial charge in [0.15, 0.2) is 9.84 Å². The highest BCUT2D eigenvalue weighted by atomic mass is 32.2. The minimum Gasteiger partial charge on any atom is -0.319 e. The Kier molecular flexibility index (Phi) is 1.78. The van der Waals surface area contributed by atoms with Crippen molar-refractivity contribution < 1.29 is 8.42 Å². The van der Waals surface area contributed by atoms with Crippen LogP contribution in [-0.4, -0.2) is 18.4 Å². The third-order valence-electron chi connectivity index (χ3n) is 3.25. The Bertz CT molecular complexity index is 576. The van der Waals surface area contributed by atoms with Crippen molar-refractivity contribution in [2.45, 2.75) is 36.8 Å². The van der Waals surface area contributed by atoms with Crippen LogP contribution >= 0.6 is 0 Å². The van der Waals surface area contributed by atoms with Crippen molar-refractivity contribution in [3.05, 3.63) is 22.8 Å². The van der Waals surface area contributed by atoms with Crippen LogP contribution in [0.3, 0.4) is 0 Å². The van der Waals surface area contributed by atoms with Gasteiger partial charge in [0.1, 0.15) is 5.82 Å². The lowest BCUT2D eigenvalue weighted by molar-refractivity contribution is 0.597. The summed E-state index contributed by atoms with van der Waals surface area (Å²) in [6.45, 7) is 1.83. The molecule has 0 bridgehead atoms. The van der Waals surface area contributed by atoms with E-state index in [2.05, 4.69) is 9.97 Å². The first-order valence-corrected chi connectivity index (χ1v) is 7.08. The summed E-state index contributed by atoms with van der Waals surface area (Å²) in [5.74, 6) is 0.724. The summed E-state index contributed by atoms with van der Waals surface area (Å²) in [4.78, 5) is 8.67. The molecule has 0 atom stereocenters. The van der Waals surface area contributed by atoms with Crippen LogP contribution in [0.1, 0.15) is 35.6 Å². The molecule has 1 aromatic heterocycles. The van der Waals surface area contributed by atoms with Crippen LogP contribution in [0.5, 0.6) is 0 Å². The lowest BCUT2D eigenvalue weighted by atomic mass is 10.2. The summed E-state index contributed by atoms with van der Waals surface area (Å²) < 4.78 is 23.0. The molecule has 2 N–H and O–H groups in total. The van der Waals surface area contributed by atoms with Crippen LogP contribution < -0.4 is 5.73 Å². The third-order valence-corrected chi connectivity index (χ3v) is 4.70. The summed E-state index contributed by atoms with van der Waals surface area (Å²) in [5, 5.41) is 0. The normalized spacial score (nSPS) is 24.1. The molecule has 1 saturated carbocycles. The predicted molar refractivity (Wildman–Crippen MR) is 58.2 cm³/mol. The zero-order valence-corrected chi connectivity index (χ0v) is 9.84. The van der Waals surface area contributed by atoms with Crippen LogP contribution in [0.25, 0.3) is 0 Å². The van der Waals surface area contributed by atoms with Crippen molar-refractivity contribution in [2.24, 2.45) is 5.73 Å². The zero-order valence-electron chi connectivity index (χ0n) is 9.02. The minimum absolute atomic E-state index is 0.0365. The predicted octanol–water partition coefficient (Wildman–Crippen LogP) is 0.161. The maximum absolute atomic E-state index is 11.5. The average molecular weight is 239 g/mol. The van der Waals surface area contributed by atoms with Crippen LogP contribution in [0.4, 0.5) is 0 Å². The molecule has 5 nitrogen and oxygen atoms in total. The number of fused-ring (bicyclic) bond motifs is 1. The molecule has 1 aromatic rings. The van der Waals surface area contributed by atoms with Crippen molar-refractivity contribution in [2.75, 3.05) is 0 Å². The van der Waals surface area contributed by atoms with Crippen LogP contribution in [-0.2, 0) is 26.9 Å². The molecule has 1 fully saturated rings. The summed E-state index contributed by atoms with van der Waals surface area (Å²) in [5.41, 5.74) is 7.81. The molecule has 3 rings (SSSR count). The van der Waals surface area contributed by atoms with E-state index in [4.69, 9.17) is 5.73 Å². The van der Waals surface area contributed by atoms with Crippen LogP contribution in [0.15, 0.2) is 0 Å². The fourth-order valence-electron chi connectivity index (χ4n) is 2.02. The standard InChI is InChI=1S/C10H13N3O2S/c1-6-7-4-16(14,15)5-8(7)13-9(12-6)10(11)2-3-10/h2-5,11H2,1H3. The minimum atomic E-state index is -3.01. The van der Waals surface area contributed by atoms with Crippen molar-refractivity contribution in [3.8, 4) is 0 Å². The van der Waals surface area contributed by atoms with Crippen LogP contribution in [0.2, 0.25) is 0 Å². The highest BCUT2D eigenvalue weighted by Crippen LogP contribution is 2.41. The quantitative estimate of drug-likeness (QED) is 0.754. The lowest BCUT2D eigenvalue weighted by Gasteiger charge is -2.10. The van der Waals surface area contributed by atoms with Gasteiger partial charge in [-0.1, -0.05) is 0 Å². The fraction of sp³-hybridized carbons (Fsp3) is 0.600. The summed E-state index contributed by atoms with van der Waals surface area (Å²) >= 11 is 0. The Morgan fingerprint density at radius 2 is 1.94 bits per heavy atom. The number of aromatic nitrogens is 2. The van der Waals surface area contributed by atoms with E-state index >= 15 is 0 Å². The molecule has 2 heterocycles. The molecule has 0 radical (unpaired) electrons. The molecule has 16 heavy (non-hydrogen) atoms. The van der Waals surface area contributed by atoms with E-state index < -0.39 is 15.4 Å². The summed E-state index contributed by atoms with van der Waals surface area (Å²) in [6, 6.07) is 0. The highest BCUT2D eigenvalue weighted by Gasteiger charge is 2.44. The number of hydrogen-bond donors (Lipinski definition) is 1. The Labute approximate surface area is 94.0 Å². The van der Waals surface area contributed by atoms with Gasteiger partial charge in [0.2, 0.25) is 0 Å². The van der Waals surface area contributed by atoms with Gasteiger partial charge in [-0.05, 0) is 19.8 Å². The number of rotatable bonds is 1. The average Bonchev–Trinajstić information content (AvgIpc) is 2.82. The van der Waals surface area contributed by atoms with Gasteiger partial charge in [-0.25, -0.2) is 18.4 Å². The van der Waals surface area contributed by atoms with E-state index in [-0.39, 0.29) is 11.5 Å². The van der Waals surface area contributed by atoms with Gasteiger partial charge in [-0.15, -0.1) is 0 Å². The van der Waals surface area contributed by atoms with Gasteiger partial charge in [-0.2, -0.15) is 0 Å². The zero-order chi connectivity index (χ0) is 11.6. The number of nitrogens with zero attached hydrogens (tertiary/aromatic N) is 2. The summed E-state index contributed by atoms with van der Waals surface area (Å²) in [7, 11) is -3.01. The van der Waals surface area contributed by atoms with E-state index in [0.717, 1.165) is 24.1 Å². The van der Waals surface area contributed by atoms with E-state index in [1.807, 2.05) is 6.92 Å². The molecule has 2 aliphatic rings. The molecule has 0 aromatic carbocycles. The SMILES string of the molecule is Cc1nc(C2(N)CC2)nc2c1CS(=O)(=O)C2. The Balaban J connectivity index is 2.14. The smallest absolute Gasteiger partial charge is 0.160 e. The van der Waals surface area contributed by atoms with E-state index in [0.29, 0.717) is 11.5 Å². The molecule has 0 unspecified atom stereocenters. The second-order valence-electron chi connectivity index (χ2n) is 4.75. The first-order chi connectivity index (χ1) is 7.40. The van der Waals surface area contributed by atoms with E-state index in [1.165, 1.54) is 0 Å². The summed E-state index contributed by atoms with van der Waals surface area (Å²) in [6.07, 6.45) is 1.77. The highest BCUT2D eigenvalue weighted by molar-refractivity contribution is 7.90. The van der Waals surface area contributed by atoms with Crippen molar-refractivity contribution in [1.82, 2.24) is 9.97 Å². The van der Waals surface area contributed by atoms with Crippen molar-refractivity contribution in [1.29, 1.82) is 0 Å². The maximum Gasteiger partial charge on any atom is 0.160 e. The Hall–Kier alpha value is -1.01. The number of aryl methyl sites for hydroxylation is 1.